The molecule has 0 radical (unpaired) electrons. The molecule has 1 fully saturated rings. The molecule has 8 heteroatoms. The quantitative estimate of drug-likeness (QED) is 0.416. The Labute approximate surface area is 153 Å². The molecule has 1 aliphatic rings. The monoisotopic (exact) mass is 366 g/mol. The van der Waals surface area contributed by atoms with Crippen molar-refractivity contribution in [1.82, 2.24) is 0 Å². The molecule has 3 atom stereocenters. The van der Waals surface area contributed by atoms with Crippen LogP contribution in [0.25, 0.3) is 0 Å². The summed E-state index contributed by atoms with van der Waals surface area (Å²) in [5.41, 5.74) is 1.27. The number of hydrogen-bond donors (Lipinski definition) is 0. The summed E-state index contributed by atoms with van der Waals surface area (Å²) < 4.78 is 15.6. The molecule has 0 saturated carbocycles. The zero-order chi connectivity index (χ0) is 19.3. The molecule has 2 rings (SSSR count). The number of nitrogens with zero attached hydrogens (tertiary/aromatic N) is 2. The van der Waals surface area contributed by atoms with Crippen molar-refractivity contribution in [2.45, 2.75) is 38.4 Å². The van der Waals surface area contributed by atoms with Crippen LogP contribution in [-0.4, -0.2) is 57.0 Å². The molecule has 0 aliphatic carbocycles. The maximum Gasteiger partial charge on any atom is 0.306 e. The first-order valence-corrected chi connectivity index (χ1v) is 8.60. The van der Waals surface area contributed by atoms with E-state index in [4.69, 9.17) is 14.2 Å². The van der Waals surface area contributed by atoms with Gasteiger partial charge in [0.25, 0.3) is 5.69 Å². The zero-order valence-electron chi connectivity index (χ0n) is 15.6. The van der Waals surface area contributed by atoms with Gasteiger partial charge in [-0.25, -0.2) is 0 Å². The minimum atomic E-state index is -0.383. The van der Waals surface area contributed by atoms with Crippen molar-refractivity contribution < 1.29 is 23.9 Å². The predicted octanol–water partition coefficient (Wildman–Crippen LogP) is 2.50. The maximum atomic E-state index is 11.7. The topological polar surface area (TPSA) is 91.1 Å². The van der Waals surface area contributed by atoms with E-state index in [-0.39, 0.29) is 47.7 Å². The Kier molecular flexibility index (Phi) is 6.93. The van der Waals surface area contributed by atoms with Crippen LogP contribution in [0.15, 0.2) is 18.2 Å². The Morgan fingerprint density at radius 3 is 2.54 bits per heavy atom. The van der Waals surface area contributed by atoms with Crippen molar-refractivity contribution in [3.8, 4) is 0 Å². The van der Waals surface area contributed by atoms with Crippen LogP contribution >= 0.6 is 0 Å². The van der Waals surface area contributed by atoms with Gasteiger partial charge in [-0.1, -0.05) is 6.07 Å². The molecular formula is C18H26N2O6. The van der Waals surface area contributed by atoms with Gasteiger partial charge in [-0.05, 0) is 25.5 Å². The van der Waals surface area contributed by atoms with Gasteiger partial charge in [-0.15, -0.1) is 0 Å². The predicted molar refractivity (Wildman–Crippen MR) is 96.6 cm³/mol. The van der Waals surface area contributed by atoms with Crippen LogP contribution in [0.5, 0.6) is 0 Å². The number of carbonyl (C=O) groups excluding carboxylic acids is 1. The number of nitro groups is 1. The number of anilines is 1. The number of esters is 1. The molecule has 1 aromatic rings. The number of nitro benzene ring substituents is 1. The lowest BCUT2D eigenvalue weighted by Gasteiger charge is -2.36. The summed E-state index contributed by atoms with van der Waals surface area (Å²) in [6, 6.07) is 5.10. The van der Waals surface area contributed by atoms with Gasteiger partial charge in [0.1, 0.15) is 5.69 Å². The second-order valence-electron chi connectivity index (χ2n) is 6.60. The van der Waals surface area contributed by atoms with Crippen molar-refractivity contribution in [2.75, 3.05) is 38.8 Å². The second-order valence-corrected chi connectivity index (χ2v) is 6.60. The standard InChI is InChI=1S/C18H26N2O6/c1-12-9-19(10-13(2)26-12)16-6-5-14(7-17(16)20(22)23)15(11-24-3)8-18(21)25-4/h5-7,12-13,15H,8-11H2,1-4H3/t12-,13+,15?. The van der Waals surface area contributed by atoms with E-state index in [1.54, 1.807) is 6.07 Å². The molecule has 1 heterocycles. The van der Waals surface area contributed by atoms with Gasteiger partial charge in [0.15, 0.2) is 0 Å². The normalized spacial score (nSPS) is 21.3. The number of carbonyl (C=O) groups is 1. The first-order chi connectivity index (χ1) is 12.3. The lowest BCUT2D eigenvalue weighted by atomic mass is 9.95. The highest BCUT2D eigenvalue weighted by Crippen LogP contribution is 2.34. The molecule has 0 amide bonds. The molecular weight excluding hydrogens is 340 g/mol. The minimum Gasteiger partial charge on any atom is -0.469 e. The average molecular weight is 366 g/mol. The van der Waals surface area contributed by atoms with E-state index in [0.29, 0.717) is 24.3 Å². The van der Waals surface area contributed by atoms with Gasteiger partial charge in [-0.2, -0.15) is 0 Å². The average Bonchev–Trinajstić information content (AvgIpc) is 2.59. The van der Waals surface area contributed by atoms with Crippen LogP contribution in [0.3, 0.4) is 0 Å². The van der Waals surface area contributed by atoms with Crippen LogP contribution in [0.2, 0.25) is 0 Å². The molecule has 0 aromatic heterocycles. The summed E-state index contributed by atoms with van der Waals surface area (Å²) in [6.45, 7) is 5.36. The van der Waals surface area contributed by atoms with Crippen molar-refractivity contribution in [2.24, 2.45) is 0 Å². The van der Waals surface area contributed by atoms with Crippen molar-refractivity contribution in [3.63, 3.8) is 0 Å². The molecule has 0 N–H and O–H groups in total. The van der Waals surface area contributed by atoms with E-state index < -0.39 is 0 Å². The van der Waals surface area contributed by atoms with Gasteiger partial charge >= 0.3 is 5.97 Å². The van der Waals surface area contributed by atoms with Crippen LogP contribution in [-0.2, 0) is 19.0 Å². The third kappa shape index (κ3) is 4.92. The van der Waals surface area contributed by atoms with Crippen LogP contribution in [0.4, 0.5) is 11.4 Å². The molecule has 8 nitrogen and oxygen atoms in total. The highest BCUT2D eigenvalue weighted by atomic mass is 16.6. The number of morpholine rings is 1. The summed E-state index contributed by atoms with van der Waals surface area (Å²) in [5, 5.41) is 11.7. The molecule has 0 bridgehead atoms. The third-order valence-electron chi connectivity index (χ3n) is 4.44. The fourth-order valence-corrected chi connectivity index (χ4v) is 3.34. The van der Waals surface area contributed by atoms with E-state index in [1.165, 1.54) is 20.3 Å². The van der Waals surface area contributed by atoms with Crippen molar-refractivity contribution in [3.05, 3.63) is 33.9 Å². The highest BCUT2D eigenvalue weighted by Gasteiger charge is 2.29. The fourth-order valence-electron chi connectivity index (χ4n) is 3.34. The highest BCUT2D eigenvalue weighted by molar-refractivity contribution is 5.71. The summed E-state index contributed by atoms with van der Waals surface area (Å²) in [6.07, 6.45) is 0.101. The number of benzene rings is 1. The lowest BCUT2D eigenvalue weighted by molar-refractivity contribution is -0.384. The Bertz CT molecular complexity index is 641. The Hall–Kier alpha value is -2.19. The summed E-state index contributed by atoms with van der Waals surface area (Å²) in [7, 11) is 2.85. The minimum absolute atomic E-state index is 0.00130. The maximum absolute atomic E-state index is 11.7. The first-order valence-electron chi connectivity index (χ1n) is 8.60. The summed E-state index contributed by atoms with van der Waals surface area (Å²) >= 11 is 0. The molecule has 26 heavy (non-hydrogen) atoms. The second kappa shape index (κ2) is 8.95. The number of methoxy groups -OCH3 is 2. The molecule has 1 aromatic carbocycles. The Balaban J connectivity index is 2.35. The van der Waals surface area contributed by atoms with Crippen molar-refractivity contribution in [1.29, 1.82) is 0 Å². The summed E-state index contributed by atoms with van der Waals surface area (Å²) in [4.78, 5) is 24.9. The van der Waals surface area contributed by atoms with Crippen LogP contribution in [0, 0.1) is 10.1 Å². The number of ether oxygens (including phenoxy) is 3. The van der Waals surface area contributed by atoms with E-state index in [9.17, 15) is 14.9 Å². The van der Waals surface area contributed by atoms with Crippen molar-refractivity contribution >= 4 is 17.3 Å². The molecule has 144 valence electrons. The Morgan fingerprint density at radius 1 is 1.35 bits per heavy atom. The first kappa shape index (κ1) is 20.1. The Morgan fingerprint density at radius 2 is 2.00 bits per heavy atom. The van der Waals surface area contributed by atoms with E-state index in [1.807, 2.05) is 24.8 Å². The molecule has 1 aliphatic heterocycles. The van der Waals surface area contributed by atoms with Gasteiger partial charge in [0.05, 0.1) is 37.3 Å². The van der Waals surface area contributed by atoms with Gasteiger partial charge in [0.2, 0.25) is 0 Å². The third-order valence-corrected chi connectivity index (χ3v) is 4.44. The van der Waals surface area contributed by atoms with Gasteiger partial charge < -0.3 is 19.1 Å². The number of rotatable bonds is 7. The van der Waals surface area contributed by atoms with Crippen LogP contribution in [0.1, 0.15) is 31.7 Å². The van der Waals surface area contributed by atoms with Gasteiger partial charge in [0, 0.05) is 32.2 Å². The molecule has 1 unspecified atom stereocenters. The zero-order valence-corrected chi connectivity index (χ0v) is 15.6. The summed E-state index contributed by atoms with van der Waals surface area (Å²) in [5.74, 6) is -0.683. The largest absolute Gasteiger partial charge is 0.469 e. The lowest BCUT2D eigenvalue weighted by Crippen LogP contribution is -2.45. The van der Waals surface area contributed by atoms with E-state index in [0.717, 1.165) is 0 Å². The SMILES string of the molecule is COCC(CC(=O)OC)c1ccc(N2C[C@@H](C)O[C@@H](C)C2)c([N+](=O)[O-])c1. The smallest absolute Gasteiger partial charge is 0.306 e. The van der Waals surface area contributed by atoms with Gasteiger partial charge in [-0.3, -0.25) is 14.9 Å². The number of hydrogen-bond acceptors (Lipinski definition) is 7. The van der Waals surface area contributed by atoms with Crippen LogP contribution < -0.4 is 4.90 Å². The van der Waals surface area contributed by atoms with E-state index >= 15 is 0 Å². The molecule has 0 spiro atoms. The molecule has 1 saturated heterocycles. The fraction of sp³-hybridized carbons (Fsp3) is 0.611. The van der Waals surface area contributed by atoms with E-state index in [2.05, 4.69) is 0 Å².